The fourth-order valence-electron chi connectivity index (χ4n) is 3.70. The van der Waals surface area contributed by atoms with E-state index in [1.54, 1.807) is 43.3 Å². The lowest BCUT2D eigenvalue weighted by atomic mass is 10.0. The molecule has 2 N–H and O–H groups in total. The standard InChI is InChI=1S/C26H31N3O3S/c1-19-13-14-20(2)25(15-19)33(31,32)28-23-12-8-11-22(17-23)26(30)27-24(18-29(3)4)16-21-9-6-5-7-10-21/h5-15,17,24,28H,16,18H2,1-4H3,(H,27,30). The summed E-state index contributed by atoms with van der Waals surface area (Å²) < 4.78 is 28.5. The van der Waals surface area contributed by atoms with Gasteiger partial charge in [0.15, 0.2) is 0 Å². The van der Waals surface area contributed by atoms with Gasteiger partial charge in [-0.15, -0.1) is 0 Å². The maximum atomic E-state index is 13.0. The third kappa shape index (κ3) is 6.91. The lowest BCUT2D eigenvalue weighted by molar-refractivity contribution is 0.0930. The van der Waals surface area contributed by atoms with Crippen molar-refractivity contribution in [2.24, 2.45) is 0 Å². The maximum absolute atomic E-state index is 13.0. The number of nitrogens with one attached hydrogen (secondary N) is 2. The number of sulfonamides is 1. The van der Waals surface area contributed by atoms with Gasteiger partial charge in [-0.3, -0.25) is 9.52 Å². The summed E-state index contributed by atoms with van der Waals surface area (Å²) in [5.41, 5.74) is 3.40. The zero-order valence-corrected chi connectivity index (χ0v) is 20.3. The molecular formula is C26H31N3O3S. The van der Waals surface area contributed by atoms with Crippen molar-refractivity contribution in [1.29, 1.82) is 0 Å². The van der Waals surface area contributed by atoms with Crippen molar-refractivity contribution in [3.8, 4) is 0 Å². The fourth-order valence-corrected chi connectivity index (χ4v) is 5.08. The van der Waals surface area contributed by atoms with Gasteiger partial charge in [0.05, 0.1) is 4.90 Å². The summed E-state index contributed by atoms with van der Waals surface area (Å²) in [6.45, 7) is 4.29. The topological polar surface area (TPSA) is 78.5 Å². The molecule has 0 aliphatic rings. The molecule has 0 radical (unpaired) electrons. The number of carbonyl (C=O) groups excluding carboxylic acids is 1. The zero-order chi connectivity index (χ0) is 24.0. The van der Waals surface area contributed by atoms with Gasteiger partial charge in [-0.25, -0.2) is 8.42 Å². The summed E-state index contributed by atoms with van der Waals surface area (Å²) in [4.78, 5) is 15.3. The summed E-state index contributed by atoms with van der Waals surface area (Å²) in [6, 6.07) is 21.8. The van der Waals surface area contributed by atoms with Crippen LogP contribution in [0.1, 0.15) is 27.0 Å². The van der Waals surface area contributed by atoms with E-state index >= 15 is 0 Å². The van der Waals surface area contributed by atoms with Crippen LogP contribution in [0.2, 0.25) is 0 Å². The molecule has 33 heavy (non-hydrogen) atoms. The Kier molecular flexibility index (Phi) is 7.89. The van der Waals surface area contributed by atoms with Crippen LogP contribution in [0.4, 0.5) is 5.69 Å². The van der Waals surface area contributed by atoms with Crippen molar-refractivity contribution < 1.29 is 13.2 Å². The van der Waals surface area contributed by atoms with Gasteiger partial charge >= 0.3 is 0 Å². The van der Waals surface area contributed by atoms with Crippen LogP contribution < -0.4 is 10.0 Å². The molecule has 0 aromatic heterocycles. The molecule has 0 aliphatic heterocycles. The Morgan fingerprint density at radius 1 is 0.939 bits per heavy atom. The van der Waals surface area contributed by atoms with Crippen molar-refractivity contribution in [2.75, 3.05) is 25.4 Å². The van der Waals surface area contributed by atoms with Gasteiger partial charge in [-0.05, 0) is 75.3 Å². The van der Waals surface area contributed by atoms with E-state index in [2.05, 4.69) is 10.0 Å². The molecule has 0 saturated carbocycles. The number of hydrogen-bond donors (Lipinski definition) is 2. The van der Waals surface area contributed by atoms with E-state index < -0.39 is 10.0 Å². The molecule has 0 saturated heterocycles. The van der Waals surface area contributed by atoms with Crippen LogP contribution in [-0.2, 0) is 16.4 Å². The first-order valence-electron chi connectivity index (χ1n) is 10.8. The number of rotatable bonds is 9. The molecule has 0 aliphatic carbocycles. The van der Waals surface area contributed by atoms with E-state index in [-0.39, 0.29) is 16.8 Å². The van der Waals surface area contributed by atoms with Crippen molar-refractivity contribution in [2.45, 2.75) is 31.2 Å². The minimum Gasteiger partial charge on any atom is -0.348 e. The smallest absolute Gasteiger partial charge is 0.262 e. The molecule has 0 fully saturated rings. The number of aryl methyl sites for hydroxylation is 2. The number of anilines is 1. The van der Waals surface area contributed by atoms with E-state index in [4.69, 9.17) is 0 Å². The highest BCUT2D eigenvalue weighted by atomic mass is 32.2. The minimum atomic E-state index is -3.78. The first kappa shape index (κ1) is 24.5. The Morgan fingerprint density at radius 3 is 2.36 bits per heavy atom. The van der Waals surface area contributed by atoms with E-state index in [0.717, 1.165) is 11.1 Å². The first-order chi connectivity index (χ1) is 15.6. The molecule has 7 heteroatoms. The van der Waals surface area contributed by atoms with Crippen LogP contribution in [0.25, 0.3) is 0 Å². The summed E-state index contributed by atoms with van der Waals surface area (Å²) in [5, 5.41) is 3.09. The van der Waals surface area contributed by atoms with Gasteiger partial charge in [0.25, 0.3) is 15.9 Å². The Balaban J connectivity index is 1.77. The molecule has 174 valence electrons. The Hall–Kier alpha value is -3.16. The second-order valence-electron chi connectivity index (χ2n) is 8.58. The average Bonchev–Trinajstić information content (AvgIpc) is 2.75. The maximum Gasteiger partial charge on any atom is 0.262 e. The van der Waals surface area contributed by atoms with Crippen molar-refractivity contribution in [3.05, 3.63) is 95.1 Å². The van der Waals surface area contributed by atoms with Gasteiger partial charge in [-0.2, -0.15) is 0 Å². The predicted molar refractivity (Wildman–Crippen MR) is 133 cm³/mol. The van der Waals surface area contributed by atoms with Crippen LogP contribution in [0.3, 0.4) is 0 Å². The highest BCUT2D eigenvalue weighted by Crippen LogP contribution is 2.21. The monoisotopic (exact) mass is 465 g/mol. The number of benzene rings is 3. The summed E-state index contributed by atoms with van der Waals surface area (Å²) in [7, 11) is 0.153. The van der Waals surface area contributed by atoms with Crippen LogP contribution in [-0.4, -0.2) is 45.9 Å². The minimum absolute atomic E-state index is 0.0924. The zero-order valence-electron chi connectivity index (χ0n) is 19.5. The molecule has 0 bridgehead atoms. The van der Waals surface area contributed by atoms with E-state index in [1.807, 2.05) is 62.3 Å². The fraction of sp³-hybridized carbons (Fsp3) is 0.269. The average molecular weight is 466 g/mol. The van der Waals surface area contributed by atoms with Gasteiger partial charge in [0.2, 0.25) is 0 Å². The van der Waals surface area contributed by atoms with Gasteiger partial charge in [-0.1, -0.05) is 48.5 Å². The molecule has 3 aromatic carbocycles. The largest absolute Gasteiger partial charge is 0.348 e. The lowest BCUT2D eigenvalue weighted by Crippen LogP contribution is -2.43. The number of nitrogens with zero attached hydrogens (tertiary/aromatic N) is 1. The number of amides is 1. The van der Waals surface area contributed by atoms with E-state index in [0.29, 0.717) is 29.8 Å². The van der Waals surface area contributed by atoms with Crippen molar-refractivity contribution in [3.63, 3.8) is 0 Å². The summed E-state index contributed by atoms with van der Waals surface area (Å²) >= 11 is 0. The Labute approximate surface area is 196 Å². The highest BCUT2D eigenvalue weighted by molar-refractivity contribution is 7.92. The van der Waals surface area contributed by atoms with Crippen LogP contribution in [0.15, 0.2) is 77.7 Å². The quantitative estimate of drug-likeness (QED) is 0.501. The van der Waals surface area contributed by atoms with Gasteiger partial charge in [0.1, 0.15) is 0 Å². The number of likely N-dealkylation sites (N-methyl/N-ethyl adjacent to an activating group) is 1. The lowest BCUT2D eigenvalue weighted by Gasteiger charge is -2.23. The van der Waals surface area contributed by atoms with Crippen molar-refractivity contribution in [1.82, 2.24) is 10.2 Å². The van der Waals surface area contributed by atoms with Gasteiger partial charge < -0.3 is 10.2 Å². The first-order valence-corrected chi connectivity index (χ1v) is 12.3. The Morgan fingerprint density at radius 2 is 1.67 bits per heavy atom. The molecule has 1 atom stereocenters. The van der Waals surface area contributed by atoms with Crippen LogP contribution >= 0.6 is 0 Å². The Bertz CT molecular complexity index is 1210. The molecule has 0 spiro atoms. The molecule has 3 rings (SSSR count). The SMILES string of the molecule is Cc1ccc(C)c(S(=O)(=O)Nc2cccc(C(=O)NC(Cc3ccccc3)CN(C)C)c2)c1. The molecule has 1 amide bonds. The van der Waals surface area contributed by atoms with Crippen LogP contribution in [0.5, 0.6) is 0 Å². The third-order valence-electron chi connectivity index (χ3n) is 5.26. The molecule has 0 heterocycles. The van der Waals surface area contributed by atoms with Crippen molar-refractivity contribution >= 4 is 21.6 Å². The molecule has 3 aromatic rings. The second-order valence-corrected chi connectivity index (χ2v) is 10.2. The molecule has 1 unspecified atom stereocenters. The van der Waals surface area contributed by atoms with E-state index in [1.165, 1.54) is 0 Å². The molecule has 6 nitrogen and oxygen atoms in total. The summed E-state index contributed by atoms with van der Waals surface area (Å²) in [5.74, 6) is -0.245. The predicted octanol–water partition coefficient (Wildman–Crippen LogP) is 4.01. The third-order valence-corrected chi connectivity index (χ3v) is 6.78. The number of carbonyl (C=O) groups is 1. The summed E-state index contributed by atoms with van der Waals surface area (Å²) in [6.07, 6.45) is 0.698. The van der Waals surface area contributed by atoms with Crippen LogP contribution in [0, 0.1) is 13.8 Å². The number of hydrogen-bond acceptors (Lipinski definition) is 4. The normalized spacial score (nSPS) is 12.4. The van der Waals surface area contributed by atoms with E-state index in [9.17, 15) is 13.2 Å². The van der Waals surface area contributed by atoms with Gasteiger partial charge in [0, 0.05) is 23.8 Å². The highest BCUT2D eigenvalue weighted by Gasteiger charge is 2.19. The second kappa shape index (κ2) is 10.6. The molecular weight excluding hydrogens is 434 g/mol.